The zero-order valence-electron chi connectivity index (χ0n) is 11.7. The molecule has 0 aliphatic heterocycles. The molecule has 0 aromatic carbocycles. The smallest absolute Gasteiger partial charge is 0.222 e. The lowest BCUT2D eigenvalue weighted by Gasteiger charge is -2.19. The Hall–Kier alpha value is -1.62. The zero-order chi connectivity index (χ0) is 13.8. The van der Waals surface area contributed by atoms with Crippen LogP contribution in [-0.4, -0.2) is 16.6 Å². The molecule has 3 N–H and O–H groups in total. The monoisotopic (exact) mass is 250 g/mol. The van der Waals surface area contributed by atoms with Crippen LogP contribution < -0.4 is 16.0 Å². The average Bonchev–Trinajstić information content (AvgIpc) is 2.30. The second-order valence-corrected chi connectivity index (χ2v) is 5.10. The minimum Gasteiger partial charge on any atom is -0.473 e. The number of rotatable bonds is 4. The lowest BCUT2D eigenvalue weighted by atomic mass is 9.95. The fourth-order valence-corrected chi connectivity index (χ4v) is 1.34. The van der Waals surface area contributed by atoms with Gasteiger partial charge in [0.15, 0.2) is 5.82 Å². The van der Waals surface area contributed by atoms with Crippen LogP contribution in [0.25, 0.3) is 0 Å². The highest BCUT2D eigenvalue weighted by Gasteiger charge is 2.21. The molecule has 0 atom stereocenters. The molecule has 0 saturated heterocycles. The number of allylic oxidation sites excluding steroid dienone is 1. The van der Waals surface area contributed by atoms with Gasteiger partial charge in [-0.05, 0) is 13.8 Å². The maximum Gasteiger partial charge on any atom is 0.222 e. The molecule has 0 spiro atoms. The molecule has 1 aromatic heterocycles. The Morgan fingerprint density at radius 1 is 1.33 bits per heavy atom. The molecule has 0 bridgehead atoms. The van der Waals surface area contributed by atoms with Crippen molar-refractivity contribution < 1.29 is 4.74 Å². The molecule has 100 valence electrons. The van der Waals surface area contributed by atoms with Crippen molar-refractivity contribution in [3.63, 3.8) is 0 Å². The minimum atomic E-state index is -0.155. The van der Waals surface area contributed by atoms with Gasteiger partial charge < -0.3 is 10.2 Å². The fourth-order valence-electron chi connectivity index (χ4n) is 1.34. The first-order chi connectivity index (χ1) is 8.40. The summed E-state index contributed by atoms with van der Waals surface area (Å²) in [6, 6.07) is 0. The van der Waals surface area contributed by atoms with Crippen LogP contribution in [0.15, 0.2) is 12.2 Å². The second-order valence-electron chi connectivity index (χ2n) is 5.10. The summed E-state index contributed by atoms with van der Waals surface area (Å²) in [6.45, 7) is 10.5. The molecular weight excluding hydrogens is 228 g/mol. The first kappa shape index (κ1) is 14.4. The van der Waals surface area contributed by atoms with Crippen LogP contribution in [-0.2, 0) is 5.41 Å². The van der Waals surface area contributed by atoms with Gasteiger partial charge >= 0.3 is 0 Å². The number of nitrogen functional groups attached to an aromatic ring is 1. The van der Waals surface area contributed by atoms with Gasteiger partial charge in [-0.1, -0.05) is 32.9 Å². The van der Waals surface area contributed by atoms with Crippen LogP contribution in [0.2, 0.25) is 0 Å². The predicted molar refractivity (Wildman–Crippen MR) is 73.6 cm³/mol. The summed E-state index contributed by atoms with van der Waals surface area (Å²) in [7, 11) is 0. The van der Waals surface area contributed by atoms with Gasteiger partial charge in [-0.25, -0.2) is 10.8 Å². The zero-order valence-corrected chi connectivity index (χ0v) is 11.7. The lowest BCUT2D eigenvalue weighted by Crippen LogP contribution is -2.20. The Morgan fingerprint density at radius 2 is 2.00 bits per heavy atom. The fraction of sp³-hybridized carbons (Fsp3) is 0.538. The third kappa shape index (κ3) is 3.43. The van der Waals surface area contributed by atoms with E-state index in [1.165, 1.54) is 0 Å². The van der Waals surface area contributed by atoms with Gasteiger partial charge in [-0.2, -0.15) is 4.98 Å². The van der Waals surface area contributed by atoms with E-state index in [2.05, 4.69) is 15.4 Å². The van der Waals surface area contributed by atoms with E-state index in [0.717, 1.165) is 5.56 Å². The molecule has 0 fully saturated rings. The number of hydrogen-bond donors (Lipinski definition) is 2. The highest BCUT2D eigenvalue weighted by Crippen LogP contribution is 2.27. The van der Waals surface area contributed by atoms with E-state index in [-0.39, 0.29) is 5.41 Å². The maximum atomic E-state index is 5.62. The van der Waals surface area contributed by atoms with Crippen LogP contribution in [0, 0.1) is 6.92 Å². The summed E-state index contributed by atoms with van der Waals surface area (Å²) in [5.74, 6) is 7.35. The van der Waals surface area contributed by atoms with Crippen molar-refractivity contribution in [3.05, 3.63) is 23.5 Å². The van der Waals surface area contributed by atoms with E-state index >= 15 is 0 Å². The standard InChI is InChI=1S/C13H22N4O/c1-6-7-8-18-11-9(2)10(17-14)15-12(16-11)13(3,4)5/h6-7H,8,14H2,1-5H3,(H,15,16,17)/b7-6+. The Bertz CT molecular complexity index is 435. The summed E-state index contributed by atoms with van der Waals surface area (Å²) < 4.78 is 5.62. The van der Waals surface area contributed by atoms with Crippen molar-refractivity contribution in [2.24, 2.45) is 5.84 Å². The molecule has 0 saturated carbocycles. The second kappa shape index (κ2) is 5.82. The number of hydrazine groups is 1. The van der Waals surface area contributed by atoms with E-state index < -0.39 is 0 Å². The first-order valence-electron chi connectivity index (χ1n) is 5.99. The van der Waals surface area contributed by atoms with Crippen molar-refractivity contribution in [3.8, 4) is 5.88 Å². The van der Waals surface area contributed by atoms with Gasteiger partial charge in [-0.15, -0.1) is 0 Å². The summed E-state index contributed by atoms with van der Waals surface area (Å²) in [5, 5.41) is 0. The molecule has 0 amide bonds. The van der Waals surface area contributed by atoms with Crippen LogP contribution in [0.3, 0.4) is 0 Å². The molecule has 1 rings (SSSR count). The first-order valence-corrected chi connectivity index (χ1v) is 5.99. The number of ether oxygens (including phenoxy) is 1. The van der Waals surface area contributed by atoms with Crippen molar-refractivity contribution in [2.75, 3.05) is 12.0 Å². The molecule has 0 unspecified atom stereocenters. The van der Waals surface area contributed by atoms with E-state index in [4.69, 9.17) is 10.6 Å². The van der Waals surface area contributed by atoms with E-state index in [9.17, 15) is 0 Å². The summed E-state index contributed by atoms with van der Waals surface area (Å²) in [5.41, 5.74) is 3.25. The van der Waals surface area contributed by atoms with Crippen LogP contribution in [0.4, 0.5) is 5.82 Å². The Balaban J connectivity index is 3.14. The lowest BCUT2D eigenvalue weighted by molar-refractivity contribution is 0.340. The largest absolute Gasteiger partial charge is 0.473 e. The maximum absolute atomic E-state index is 5.62. The quantitative estimate of drug-likeness (QED) is 0.487. The molecule has 0 aliphatic carbocycles. The van der Waals surface area contributed by atoms with Crippen LogP contribution in [0.5, 0.6) is 5.88 Å². The van der Waals surface area contributed by atoms with Gasteiger partial charge in [0.1, 0.15) is 12.4 Å². The van der Waals surface area contributed by atoms with E-state index in [1.807, 2.05) is 46.8 Å². The Kier molecular flexibility index (Phi) is 4.67. The van der Waals surface area contributed by atoms with Gasteiger partial charge in [0.25, 0.3) is 0 Å². The summed E-state index contributed by atoms with van der Waals surface area (Å²) >= 11 is 0. The topological polar surface area (TPSA) is 73.1 Å². The number of nitrogens with one attached hydrogen (secondary N) is 1. The normalized spacial score (nSPS) is 11.9. The van der Waals surface area contributed by atoms with E-state index in [0.29, 0.717) is 24.1 Å². The molecule has 18 heavy (non-hydrogen) atoms. The van der Waals surface area contributed by atoms with Crippen LogP contribution >= 0.6 is 0 Å². The average molecular weight is 250 g/mol. The number of hydrogen-bond acceptors (Lipinski definition) is 5. The van der Waals surface area contributed by atoms with Crippen LogP contribution in [0.1, 0.15) is 39.1 Å². The van der Waals surface area contributed by atoms with E-state index in [1.54, 1.807) is 0 Å². The van der Waals surface area contributed by atoms with Crippen molar-refractivity contribution in [1.82, 2.24) is 9.97 Å². The van der Waals surface area contributed by atoms with Crippen molar-refractivity contribution in [2.45, 2.75) is 40.0 Å². The molecule has 0 aliphatic rings. The third-order valence-corrected chi connectivity index (χ3v) is 2.46. The Morgan fingerprint density at radius 3 is 2.50 bits per heavy atom. The third-order valence-electron chi connectivity index (χ3n) is 2.46. The molecule has 1 heterocycles. The van der Waals surface area contributed by atoms with Gasteiger partial charge in [-0.3, -0.25) is 0 Å². The number of anilines is 1. The molecular formula is C13H22N4O. The number of aromatic nitrogens is 2. The SMILES string of the molecule is C/C=C/COc1nc(C(C)(C)C)nc(NN)c1C. The van der Waals surface area contributed by atoms with Crippen molar-refractivity contribution >= 4 is 5.82 Å². The number of nitrogens with two attached hydrogens (primary N) is 1. The number of nitrogens with zero attached hydrogens (tertiary/aromatic N) is 2. The highest BCUT2D eigenvalue weighted by molar-refractivity contribution is 5.48. The molecule has 0 radical (unpaired) electrons. The predicted octanol–water partition coefficient (Wildman–Crippen LogP) is 2.32. The summed E-state index contributed by atoms with van der Waals surface area (Å²) in [4.78, 5) is 8.87. The summed E-state index contributed by atoms with van der Waals surface area (Å²) in [6.07, 6.45) is 3.86. The molecule has 5 heteroatoms. The van der Waals surface area contributed by atoms with Gasteiger partial charge in [0, 0.05) is 5.41 Å². The highest BCUT2D eigenvalue weighted by atomic mass is 16.5. The van der Waals surface area contributed by atoms with Gasteiger partial charge in [0.2, 0.25) is 5.88 Å². The van der Waals surface area contributed by atoms with Crippen molar-refractivity contribution in [1.29, 1.82) is 0 Å². The minimum absolute atomic E-state index is 0.155. The Labute approximate surface area is 108 Å². The molecule has 5 nitrogen and oxygen atoms in total. The molecule has 1 aromatic rings. The van der Waals surface area contributed by atoms with Gasteiger partial charge in [0.05, 0.1) is 5.56 Å².